The quantitative estimate of drug-likeness (QED) is 0.496. The molecule has 28 heavy (non-hydrogen) atoms. The largest absolute Gasteiger partial charge is 0.479 e. The van der Waals surface area contributed by atoms with Crippen molar-refractivity contribution in [3.8, 4) is 22.9 Å². The second-order valence-corrected chi connectivity index (χ2v) is 7.25. The van der Waals surface area contributed by atoms with Crippen molar-refractivity contribution < 1.29 is 9.53 Å². The molecule has 5 heteroatoms. The normalized spacial score (nSPS) is 13.9. The lowest BCUT2D eigenvalue weighted by molar-refractivity contribution is 0.0966. The van der Waals surface area contributed by atoms with Crippen LogP contribution in [0.25, 0.3) is 32.9 Å². The molecule has 2 heterocycles. The van der Waals surface area contributed by atoms with Gasteiger partial charge in [-0.25, -0.2) is 0 Å². The number of nitriles is 1. The van der Waals surface area contributed by atoms with Crippen LogP contribution in [0.1, 0.15) is 27.0 Å². The minimum Gasteiger partial charge on any atom is -0.479 e. The molecule has 3 aromatic carbocycles. The van der Waals surface area contributed by atoms with Crippen LogP contribution in [-0.2, 0) is 13.0 Å². The predicted molar refractivity (Wildman–Crippen MR) is 106 cm³/mol. The average Bonchev–Trinajstić information content (AvgIpc) is 3.38. The lowest BCUT2D eigenvalue weighted by atomic mass is 9.92. The fourth-order valence-electron chi connectivity index (χ4n) is 4.75. The maximum atomic E-state index is 12.8. The molecule has 2 N–H and O–H groups in total. The number of benzene rings is 3. The third kappa shape index (κ3) is 1.87. The standard InChI is InChI=1S/C23H15N3O2/c24-7-8-28-13-5-6-14-12(9-13)10-16-19(14)21-17(11-25-23(21)27)20-15-3-1-2-4-18(15)26-22(16)20/h1-6,9,26H,8,10-11H2,(H,25,27). The van der Waals surface area contributed by atoms with Crippen molar-refractivity contribution in [3.63, 3.8) is 0 Å². The maximum Gasteiger partial charge on any atom is 0.252 e. The third-order valence-electron chi connectivity index (χ3n) is 5.83. The van der Waals surface area contributed by atoms with Crippen molar-refractivity contribution >= 4 is 27.7 Å². The second kappa shape index (κ2) is 5.37. The highest BCUT2D eigenvalue weighted by atomic mass is 16.5. The van der Waals surface area contributed by atoms with Gasteiger partial charge in [-0.15, -0.1) is 0 Å². The Balaban J connectivity index is 1.68. The molecule has 0 atom stereocenters. The van der Waals surface area contributed by atoms with Crippen LogP contribution in [0.3, 0.4) is 0 Å². The Kier molecular flexibility index (Phi) is 2.93. The molecule has 4 aromatic rings. The predicted octanol–water partition coefficient (Wildman–Crippen LogP) is 4.04. The van der Waals surface area contributed by atoms with E-state index in [0.717, 1.165) is 61.6 Å². The summed E-state index contributed by atoms with van der Waals surface area (Å²) in [5.74, 6) is 0.679. The van der Waals surface area contributed by atoms with Gasteiger partial charge in [0.2, 0.25) is 0 Å². The number of hydrogen-bond acceptors (Lipinski definition) is 3. The zero-order valence-electron chi connectivity index (χ0n) is 14.9. The van der Waals surface area contributed by atoms with E-state index < -0.39 is 0 Å². The fourth-order valence-corrected chi connectivity index (χ4v) is 4.75. The van der Waals surface area contributed by atoms with Crippen LogP contribution in [0, 0.1) is 11.3 Å². The van der Waals surface area contributed by atoms with Gasteiger partial charge in [-0.1, -0.05) is 24.3 Å². The smallest absolute Gasteiger partial charge is 0.252 e. The summed E-state index contributed by atoms with van der Waals surface area (Å²) in [5, 5.41) is 14.1. The van der Waals surface area contributed by atoms with Gasteiger partial charge in [0.05, 0.1) is 11.1 Å². The van der Waals surface area contributed by atoms with Crippen molar-refractivity contribution in [2.45, 2.75) is 13.0 Å². The molecule has 1 aliphatic carbocycles. The molecular formula is C23H15N3O2. The summed E-state index contributed by atoms with van der Waals surface area (Å²) >= 11 is 0. The SMILES string of the molecule is N#CCOc1ccc2c(c1)Cc1c-2c2c(c3c1[nH]c1ccccc13)CNC2=O. The Bertz CT molecular complexity index is 1370. The van der Waals surface area contributed by atoms with Crippen LogP contribution in [0.2, 0.25) is 0 Å². The van der Waals surface area contributed by atoms with Crippen LogP contribution in [0.15, 0.2) is 42.5 Å². The summed E-state index contributed by atoms with van der Waals surface area (Å²) in [4.78, 5) is 16.4. The molecule has 5 nitrogen and oxygen atoms in total. The summed E-state index contributed by atoms with van der Waals surface area (Å²) < 4.78 is 5.48. The van der Waals surface area contributed by atoms with Gasteiger partial charge in [0, 0.05) is 34.8 Å². The number of carbonyl (C=O) groups excluding carboxylic acids is 1. The van der Waals surface area contributed by atoms with E-state index in [-0.39, 0.29) is 12.5 Å². The molecule has 0 radical (unpaired) electrons. The Morgan fingerprint density at radius 3 is 2.89 bits per heavy atom. The van der Waals surface area contributed by atoms with E-state index in [4.69, 9.17) is 10.00 Å². The Hall–Kier alpha value is -3.78. The molecule has 1 amide bonds. The van der Waals surface area contributed by atoms with E-state index in [1.165, 1.54) is 0 Å². The van der Waals surface area contributed by atoms with Gasteiger partial charge in [0.1, 0.15) is 11.8 Å². The van der Waals surface area contributed by atoms with Gasteiger partial charge in [-0.05, 0) is 40.5 Å². The molecular weight excluding hydrogens is 350 g/mol. The van der Waals surface area contributed by atoms with Crippen LogP contribution < -0.4 is 10.1 Å². The highest BCUT2D eigenvalue weighted by Gasteiger charge is 2.34. The van der Waals surface area contributed by atoms with Crippen molar-refractivity contribution in [1.82, 2.24) is 10.3 Å². The Labute approximate surface area is 160 Å². The summed E-state index contributed by atoms with van der Waals surface area (Å²) in [7, 11) is 0. The number of carbonyl (C=O) groups is 1. The van der Waals surface area contributed by atoms with Crippen molar-refractivity contribution in [2.24, 2.45) is 0 Å². The molecule has 0 saturated heterocycles. The number of para-hydroxylation sites is 1. The van der Waals surface area contributed by atoms with Gasteiger partial charge in [0.25, 0.3) is 5.91 Å². The molecule has 0 spiro atoms. The number of rotatable bonds is 2. The van der Waals surface area contributed by atoms with Gasteiger partial charge < -0.3 is 15.0 Å². The summed E-state index contributed by atoms with van der Waals surface area (Å²) in [5.41, 5.74) is 8.47. The Morgan fingerprint density at radius 2 is 2.00 bits per heavy atom. The molecule has 0 bridgehead atoms. The Morgan fingerprint density at radius 1 is 1.11 bits per heavy atom. The summed E-state index contributed by atoms with van der Waals surface area (Å²) in [6, 6.07) is 16.1. The lowest BCUT2D eigenvalue weighted by Gasteiger charge is -2.10. The topological polar surface area (TPSA) is 77.9 Å². The van der Waals surface area contributed by atoms with Crippen molar-refractivity contribution in [1.29, 1.82) is 5.26 Å². The molecule has 0 unspecified atom stereocenters. The van der Waals surface area contributed by atoms with Gasteiger partial charge in [-0.3, -0.25) is 4.79 Å². The molecule has 1 aromatic heterocycles. The number of hydrogen-bond donors (Lipinski definition) is 2. The van der Waals surface area contributed by atoms with Crippen molar-refractivity contribution in [2.75, 3.05) is 6.61 Å². The van der Waals surface area contributed by atoms with Crippen LogP contribution >= 0.6 is 0 Å². The van der Waals surface area contributed by atoms with Crippen LogP contribution in [-0.4, -0.2) is 17.5 Å². The minimum absolute atomic E-state index is 0.00362. The second-order valence-electron chi connectivity index (χ2n) is 7.25. The van der Waals surface area contributed by atoms with Gasteiger partial charge in [0.15, 0.2) is 6.61 Å². The fraction of sp³-hybridized carbons (Fsp3) is 0.130. The number of fused-ring (bicyclic) bond motifs is 10. The van der Waals surface area contributed by atoms with Crippen molar-refractivity contribution in [3.05, 3.63) is 64.7 Å². The highest BCUT2D eigenvalue weighted by Crippen LogP contribution is 2.48. The van der Waals surface area contributed by atoms with Gasteiger partial charge in [-0.2, -0.15) is 5.26 Å². The minimum atomic E-state index is -0.00362. The summed E-state index contributed by atoms with van der Waals surface area (Å²) in [6.45, 7) is 0.578. The number of nitrogens with zero attached hydrogens (tertiary/aromatic N) is 1. The van der Waals surface area contributed by atoms with E-state index in [1.54, 1.807) is 0 Å². The molecule has 1 aliphatic heterocycles. The van der Waals surface area contributed by atoms with E-state index in [9.17, 15) is 4.79 Å². The molecule has 0 saturated carbocycles. The number of nitrogens with one attached hydrogen (secondary N) is 2. The first-order chi connectivity index (χ1) is 13.8. The number of aromatic amines is 1. The molecule has 0 fully saturated rings. The van der Waals surface area contributed by atoms with E-state index in [1.807, 2.05) is 36.4 Å². The molecule has 2 aliphatic rings. The van der Waals surface area contributed by atoms with Gasteiger partial charge >= 0.3 is 0 Å². The highest BCUT2D eigenvalue weighted by molar-refractivity contribution is 6.19. The number of H-pyrrole nitrogens is 1. The van der Waals surface area contributed by atoms with E-state index in [2.05, 4.69) is 22.4 Å². The van der Waals surface area contributed by atoms with Crippen LogP contribution in [0.5, 0.6) is 5.75 Å². The van der Waals surface area contributed by atoms with Crippen LogP contribution in [0.4, 0.5) is 0 Å². The number of ether oxygens (including phenoxy) is 1. The molecule has 6 rings (SSSR count). The average molecular weight is 365 g/mol. The van der Waals surface area contributed by atoms with E-state index >= 15 is 0 Å². The number of aromatic nitrogens is 1. The monoisotopic (exact) mass is 365 g/mol. The summed E-state index contributed by atoms with van der Waals surface area (Å²) in [6.07, 6.45) is 0.734. The maximum absolute atomic E-state index is 12.8. The first-order valence-corrected chi connectivity index (χ1v) is 9.25. The van der Waals surface area contributed by atoms with E-state index in [0.29, 0.717) is 12.3 Å². The first kappa shape index (κ1) is 15.3. The molecule has 134 valence electrons. The number of amides is 1. The zero-order chi connectivity index (χ0) is 18.8. The lowest BCUT2D eigenvalue weighted by Crippen LogP contribution is -2.13. The first-order valence-electron chi connectivity index (χ1n) is 9.25. The third-order valence-corrected chi connectivity index (χ3v) is 5.83. The zero-order valence-corrected chi connectivity index (χ0v) is 14.9.